The van der Waals surface area contributed by atoms with Crippen molar-refractivity contribution < 1.29 is 4.42 Å². The fraction of sp³-hybridized carbons (Fsp3) is 0. The normalized spacial score (nSPS) is 12.3. The first-order valence-electron chi connectivity index (χ1n) is 7.59. The van der Waals surface area contributed by atoms with E-state index in [9.17, 15) is 0 Å². The fourth-order valence-electron chi connectivity index (χ4n) is 3.53. The Bertz CT molecular complexity index is 1350. The maximum atomic E-state index is 5.87. The Hall–Kier alpha value is -3.27. The molecule has 3 aromatic heterocycles. The quantitative estimate of drug-likeness (QED) is 0.435. The summed E-state index contributed by atoms with van der Waals surface area (Å²) in [6.45, 7) is 0. The number of H-pyrrole nitrogens is 1. The van der Waals surface area contributed by atoms with Crippen LogP contribution in [0.5, 0.6) is 0 Å². The molecule has 4 heteroatoms. The summed E-state index contributed by atoms with van der Waals surface area (Å²) < 4.78 is 7.96. The van der Waals surface area contributed by atoms with Gasteiger partial charge in [0, 0.05) is 21.8 Å². The summed E-state index contributed by atoms with van der Waals surface area (Å²) >= 11 is 0. The summed E-state index contributed by atoms with van der Waals surface area (Å²) in [5.41, 5.74) is 6.16. The molecule has 0 aliphatic carbocycles. The molecule has 0 saturated heterocycles. The molecule has 108 valence electrons. The molecule has 0 aliphatic rings. The minimum absolute atomic E-state index is 0.637. The van der Waals surface area contributed by atoms with E-state index in [1.165, 1.54) is 10.8 Å². The number of oxazole rings is 1. The Morgan fingerprint density at radius 1 is 0.826 bits per heavy atom. The van der Waals surface area contributed by atoms with E-state index in [4.69, 9.17) is 4.42 Å². The van der Waals surface area contributed by atoms with Crippen LogP contribution >= 0.6 is 0 Å². The van der Waals surface area contributed by atoms with E-state index in [0.29, 0.717) is 5.84 Å². The zero-order valence-electron chi connectivity index (χ0n) is 12.1. The molecule has 3 aromatic carbocycles. The Balaban J connectivity index is 1.88. The minimum atomic E-state index is 0.637. The Kier molecular flexibility index (Phi) is 1.84. The third-order valence-electron chi connectivity index (χ3n) is 4.56. The molecule has 0 amide bonds. The molecule has 0 unspecified atom stereocenters. The number of para-hydroxylation sites is 3. The molecule has 0 aliphatic heterocycles. The molecule has 0 radical (unpaired) electrons. The molecule has 0 spiro atoms. The second-order valence-electron chi connectivity index (χ2n) is 5.86. The smallest absolute Gasteiger partial charge is 0.307 e. The second kappa shape index (κ2) is 3.73. The molecule has 0 fully saturated rings. The van der Waals surface area contributed by atoms with E-state index in [2.05, 4.69) is 50.8 Å². The molecular formula is C19H11N3O. The van der Waals surface area contributed by atoms with Crippen molar-refractivity contribution in [1.82, 2.24) is 14.4 Å². The van der Waals surface area contributed by atoms with Crippen molar-refractivity contribution in [1.29, 1.82) is 0 Å². The van der Waals surface area contributed by atoms with Crippen LogP contribution in [0.15, 0.2) is 65.1 Å². The highest BCUT2D eigenvalue weighted by Crippen LogP contribution is 2.32. The van der Waals surface area contributed by atoms with Gasteiger partial charge in [0.05, 0.1) is 16.6 Å². The first kappa shape index (κ1) is 11.3. The van der Waals surface area contributed by atoms with Crippen LogP contribution in [0.2, 0.25) is 0 Å². The first-order valence-corrected chi connectivity index (χ1v) is 7.59. The molecule has 4 nitrogen and oxygen atoms in total. The summed E-state index contributed by atoms with van der Waals surface area (Å²) in [7, 11) is 0. The Morgan fingerprint density at radius 2 is 1.70 bits per heavy atom. The van der Waals surface area contributed by atoms with Gasteiger partial charge in [-0.25, -0.2) is 0 Å². The van der Waals surface area contributed by atoms with Gasteiger partial charge in [0.15, 0.2) is 5.58 Å². The molecule has 6 rings (SSSR count). The maximum absolute atomic E-state index is 5.87. The molecule has 0 atom stereocenters. The predicted molar refractivity (Wildman–Crippen MR) is 91.8 cm³/mol. The minimum Gasteiger partial charge on any atom is -0.423 e. The number of hydrogen-bond acceptors (Lipinski definition) is 2. The van der Waals surface area contributed by atoms with Crippen molar-refractivity contribution in [3.8, 4) is 0 Å². The van der Waals surface area contributed by atoms with Crippen LogP contribution < -0.4 is 0 Å². The van der Waals surface area contributed by atoms with E-state index in [1.54, 1.807) is 0 Å². The molecule has 6 aromatic rings. The summed E-state index contributed by atoms with van der Waals surface area (Å²) in [6, 6.07) is 20.7. The average molecular weight is 297 g/mol. The highest BCUT2D eigenvalue weighted by molar-refractivity contribution is 6.11. The summed E-state index contributed by atoms with van der Waals surface area (Å²) in [4.78, 5) is 8.11. The highest BCUT2D eigenvalue weighted by atomic mass is 16.4. The van der Waals surface area contributed by atoms with Gasteiger partial charge in [-0.1, -0.05) is 30.3 Å². The topological polar surface area (TPSA) is 46.2 Å². The molecule has 0 saturated carbocycles. The van der Waals surface area contributed by atoms with Gasteiger partial charge in [-0.3, -0.25) is 4.40 Å². The monoisotopic (exact) mass is 297 g/mol. The fourth-order valence-corrected chi connectivity index (χ4v) is 3.53. The summed E-state index contributed by atoms with van der Waals surface area (Å²) in [5, 5.41) is 2.44. The molecule has 3 heterocycles. The van der Waals surface area contributed by atoms with Gasteiger partial charge < -0.3 is 9.40 Å². The lowest BCUT2D eigenvalue weighted by Gasteiger charge is -1.95. The van der Waals surface area contributed by atoms with E-state index in [1.807, 2.05) is 24.3 Å². The van der Waals surface area contributed by atoms with Crippen molar-refractivity contribution in [3.63, 3.8) is 0 Å². The van der Waals surface area contributed by atoms with Crippen LogP contribution in [-0.2, 0) is 0 Å². The standard InChI is InChI=1S/C19H11N3O/c1-2-6-13-11(5-1)12-9-17-15(10-14(12)20-13)21-19-22(17)16-7-3-4-8-18(16)23-19/h1-10,20H. The number of hydrogen-bond donors (Lipinski definition) is 1. The number of nitrogens with one attached hydrogen (secondary N) is 1. The van der Waals surface area contributed by atoms with Gasteiger partial charge in [-0.2, -0.15) is 4.98 Å². The molecule has 1 N–H and O–H groups in total. The van der Waals surface area contributed by atoms with Crippen LogP contribution in [0.1, 0.15) is 0 Å². The number of aromatic nitrogens is 3. The zero-order valence-corrected chi connectivity index (χ0v) is 12.1. The lowest BCUT2D eigenvalue weighted by molar-refractivity contribution is 0.643. The van der Waals surface area contributed by atoms with E-state index in [-0.39, 0.29) is 0 Å². The summed E-state index contributed by atoms with van der Waals surface area (Å²) in [5.74, 6) is 0.637. The lowest BCUT2D eigenvalue weighted by atomic mass is 10.1. The van der Waals surface area contributed by atoms with E-state index < -0.39 is 0 Å². The summed E-state index contributed by atoms with van der Waals surface area (Å²) in [6.07, 6.45) is 0. The number of imidazole rings is 1. The van der Waals surface area contributed by atoms with E-state index in [0.717, 1.165) is 33.2 Å². The largest absolute Gasteiger partial charge is 0.423 e. The van der Waals surface area contributed by atoms with Gasteiger partial charge in [0.1, 0.15) is 0 Å². The number of rotatable bonds is 0. The number of aromatic amines is 1. The van der Waals surface area contributed by atoms with Gasteiger partial charge in [-0.05, 0) is 30.3 Å². The molecule has 23 heavy (non-hydrogen) atoms. The van der Waals surface area contributed by atoms with Crippen LogP contribution in [0.4, 0.5) is 0 Å². The average Bonchev–Trinajstić information content (AvgIpc) is 3.21. The van der Waals surface area contributed by atoms with Crippen molar-refractivity contribution in [3.05, 3.63) is 60.7 Å². The zero-order chi connectivity index (χ0) is 15.0. The number of nitrogens with zero attached hydrogens (tertiary/aromatic N) is 2. The van der Waals surface area contributed by atoms with Gasteiger partial charge in [0.25, 0.3) is 0 Å². The third kappa shape index (κ3) is 1.33. The maximum Gasteiger partial charge on any atom is 0.307 e. The van der Waals surface area contributed by atoms with Crippen molar-refractivity contribution >= 4 is 49.8 Å². The van der Waals surface area contributed by atoms with Gasteiger partial charge >= 0.3 is 5.84 Å². The van der Waals surface area contributed by atoms with Crippen molar-refractivity contribution in [2.75, 3.05) is 0 Å². The van der Waals surface area contributed by atoms with Crippen LogP contribution in [0.25, 0.3) is 49.8 Å². The predicted octanol–water partition coefficient (Wildman–Crippen LogP) is 4.87. The van der Waals surface area contributed by atoms with Gasteiger partial charge in [-0.15, -0.1) is 0 Å². The lowest BCUT2D eigenvalue weighted by Crippen LogP contribution is -1.80. The van der Waals surface area contributed by atoms with Crippen molar-refractivity contribution in [2.24, 2.45) is 0 Å². The highest BCUT2D eigenvalue weighted by Gasteiger charge is 2.14. The van der Waals surface area contributed by atoms with Gasteiger partial charge in [0.2, 0.25) is 0 Å². The number of fused-ring (bicyclic) bond motifs is 8. The second-order valence-corrected chi connectivity index (χ2v) is 5.86. The van der Waals surface area contributed by atoms with Crippen LogP contribution in [-0.4, -0.2) is 14.4 Å². The Morgan fingerprint density at radius 3 is 2.70 bits per heavy atom. The first-order chi connectivity index (χ1) is 11.4. The Labute approximate surface area is 129 Å². The van der Waals surface area contributed by atoms with Crippen LogP contribution in [0, 0.1) is 0 Å². The van der Waals surface area contributed by atoms with Crippen molar-refractivity contribution in [2.45, 2.75) is 0 Å². The number of benzene rings is 3. The van der Waals surface area contributed by atoms with E-state index >= 15 is 0 Å². The molecular weight excluding hydrogens is 286 g/mol. The molecule has 0 bridgehead atoms. The SMILES string of the molecule is c1ccc2c(c1)[nH]c1cc3nc4oc5ccccc5n4c3cc12. The third-order valence-corrected chi connectivity index (χ3v) is 4.56. The van der Waals surface area contributed by atoms with Crippen LogP contribution in [0.3, 0.4) is 0 Å².